The fraction of sp³-hybridized carbons (Fsp3) is 0.231. The molecule has 1 aliphatic heterocycles. The smallest absolute Gasteiger partial charge is 0.142 e. The van der Waals surface area contributed by atoms with Crippen LogP contribution in [0.15, 0.2) is 30.5 Å². The number of para-hydroxylation sites is 1. The van der Waals surface area contributed by atoms with E-state index in [9.17, 15) is 0 Å². The zero-order valence-corrected chi connectivity index (χ0v) is 12.0. The Balaban J connectivity index is 2.02. The Bertz CT molecular complexity index is 588. The maximum absolute atomic E-state index is 5.67. The lowest BCUT2D eigenvalue weighted by molar-refractivity contribution is 0.340. The molecule has 1 unspecified atom stereocenters. The Labute approximate surface area is 119 Å². The van der Waals surface area contributed by atoms with E-state index in [0.29, 0.717) is 6.61 Å². The average molecular weight is 353 g/mol. The highest BCUT2D eigenvalue weighted by molar-refractivity contribution is 14.1. The molecule has 18 heavy (non-hydrogen) atoms. The molecule has 0 amide bonds. The van der Waals surface area contributed by atoms with Crippen molar-refractivity contribution >= 4 is 28.4 Å². The van der Waals surface area contributed by atoms with Crippen LogP contribution in [-0.2, 0) is 0 Å². The number of anilines is 1. The number of halogens is 1. The van der Waals surface area contributed by atoms with Gasteiger partial charge in [0.2, 0.25) is 0 Å². The number of nitrogens with one attached hydrogen (secondary N) is 1. The van der Waals surface area contributed by atoms with Crippen LogP contribution in [0.5, 0.6) is 5.75 Å². The lowest BCUT2D eigenvalue weighted by atomic mass is 10.0. The summed E-state index contributed by atoms with van der Waals surface area (Å²) >= 11 is 2.22. The average Bonchev–Trinajstić information content (AvgIpc) is 2.83. The maximum atomic E-state index is 5.67. The molecule has 1 aliphatic rings. The summed E-state index contributed by atoms with van der Waals surface area (Å²) in [4.78, 5) is 8.99. The van der Waals surface area contributed by atoms with Gasteiger partial charge in [0, 0.05) is 18.8 Å². The standard InChI is InChI=1S/C13H12IN3O/c1-15-13-10(14)6-16-12(17-13)9-7-18-11-5-3-2-4-8(9)11/h2-6,9H,7H2,1H3,(H,15,16,17). The van der Waals surface area contributed by atoms with E-state index in [1.807, 2.05) is 31.4 Å². The second kappa shape index (κ2) is 4.72. The fourth-order valence-electron chi connectivity index (χ4n) is 2.10. The van der Waals surface area contributed by atoms with Gasteiger partial charge in [-0.2, -0.15) is 0 Å². The van der Waals surface area contributed by atoms with Gasteiger partial charge in [-0.15, -0.1) is 0 Å². The van der Waals surface area contributed by atoms with Crippen molar-refractivity contribution in [3.63, 3.8) is 0 Å². The summed E-state index contributed by atoms with van der Waals surface area (Å²) in [5.74, 6) is 2.75. The first-order chi connectivity index (χ1) is 8.79. The predicted molar refractivity (Wildman–Crippen MR) is 78.1 cm³/mol. The van der Waals surface area contributed by atoms with E-state index in [-0.39, 0.29) is 5.92 Å². The normalized spacial score (nSPS) is 17.1. The summed E-state index contributed by atoms with van der Waals surface area (Å²) in [6.45, 7) is 0.614. The molecule has 2 heterocycles. The van der Waals surface area contributed by atoms with Gasteiger partial charge in [-0.05, 0) is 28.7 Å². The van der Waals surface area contributed by atoms with Crippen LogP contribution in [0.25, 0.3) is 0 Å². The van der Waals surface area contributed by atoms with Crippen LogP contribution in [0.2, 0.25) is 0 Å². The van der Waals surface area contributed by atoms with E-state index in [1.165, 1.54) is 5.56 Å². The van der Waals surface area contributed by atoms with Crippen molar-refractivity contribution in [1.29, 1.82) is 0 Å². The van der Waals surface area contributed by atoms with Gasteiger partial charge in [0.05, 0.1) is 9.49 Å². The number of aromatic nitrogens is 2. The van der Waals surface area contributed by atoms with Crippen LogP contribution in [0.3, 0.4) is 0 Å². The third-order valence-corrected chi connectivity index (χ3v) is 3.80. The minimum Gasteiger partial charge on any atom is -0.492 e. The van der Waals surface area contributed by atoms with Crippen molar-refractivity contribution in [3.8, 4) is 5.75 Å². The van der Waals surface area contributed by atoms with Crippen molar-refractivity contribution in [1.82, 2.24) is 9.97 Å². The Morgan fingerprint density at radius 3 is 3.06 bits per heavy atom. The molecule has 1 atom stereocenters. The van der Waals surface area contributed by atoms with Gasteiger partial charge in [0.25, 0.3) is 0 Å². The molecule has 92 valence electrons. The number of fused-ring (bicyclic) bond motifs is 1. The summed E-state index contributed by atoms with van der Waals surface area (Å²) in [6.07, 6.45) is 1.84. The molecule has 4 nitrogen and oxygen atoms in total. The van der Waals surface area contributed by atoms with E-state index in [1.54, 1.807) is 0 Å². The van der Waals surface area contributed by atoms with Gasteiger partial charge >= 0.3 is 0 Å². The van der Waals surface area contributed by atoms with Gasteiger partial charge in [-0.25, -0.2) is 9.97 Å². The summed E-state index contributed by atoms with van der Waals surface area (Å²) in [5, 5.41) is 3.08. The quantitative estimate of drug-likeness (QED) is 0.844. The number of ether oxygens (including phenoxy) is 1. The van der Waals surface area contributed by atoms with Crippen molar-refractivity contribution < 1.29 is 4.74 Å². The molecule has 0 bridgehead atoms. The molecular weight excluding hydrogens is 341 g/mol. The monoisotopic (exact) mass is 353 g/mol. The van der Waals surface area contributed by atoms with Crippen LogP contribution in [0.1, 0.15) is 17.3 Å². The molecule has 0 aliphatic carbocycles. The van der Waals surface area contributed by atoms with E-state index in [2.05, 4.69) is 43.9 Å². The molecule has 0 spiro atoms. The highest BCUT2D eigenvalue weighted by Crippen LogP contribution is 2.36. The molecule has 0 fully saturated rings. The first kappa shape index (κ1) is 11.7. The number of rotatable bonds is 2. The van der Waals surface area contributed by atoms with E-state index in [0.717, 1.165) is 21.0 Å². The molecule has 0 saturated carbocycles. The lowest BCUT2D eigenvalue weighted by Crippen LogP contribution is -2.10. The number of hydrogen-bond acceptors (Lipinski definition) is 4. The second-order valence-electron chi connectivity index (χ2n) is 4.08. The van der Waals surface area contributed by atoms with E-state index in [4.69, 9.17) is 4.74 Å². The third-order valence-electron chi connectivity index (χ3n) is 3.01. The summed E-state index contributed by atoms with van der Waals surface area (Å²) in [7, 11) is 1.87. The fourth-order valence-corrected chi connectivity index (χ4v) is 2.63. The zero-order chi connectivity index (χ0) is 12.5. The SMILES string of the molecule is CNc1nc(C2COc3ccccc32)ncc1I. The maximum Gasteiger partial charge on any atom is 0.142 e. The minimum atomic E-state index is 0.130. The first-order valence-electron chi connectivity index (χ1n) is 5.71. The van der Waals surface area contributed by atoms with Crippen molar-refractivity contribution in [3.05, 3.63) is 45.4 Å². The zero-order valence-electron chi connectivity index (χ0n) is 9.85. The van der Waals surface area contributed by atoms with Gasteiger partial charge in [0.1, 0.15) is 24.0 Å². The summed E-state index contributed by atoms with van der Waals surface area (Å²) in [6, 6.07) is 8.07. The first-order valence-corrected chi connectivity index (χ1v) is 6.79. The predicted octanol–water partition coefficient (Wildman–Crippen LogP) is 2.65. The van der Waals surface area contributed by atoms with Crippen molar-refractivity contribution in [2.75, 3.05) is 19.0 Å². The molecule has 1 N–H and O–H groups in total. The Morgan fingerprint density at radius 2 is 2.22 bits per heavy atom. The van der Waals surface area contributed by atoms with Gasteiger partial charge in [-0.1, -0.05) is 18.2 Å². The van der Waals surface area contributed by atoms with Crippen LogP contribution < -0.4 is 10.1 Å². The topological polar surface area (TPSA) is 47.0 Å². The van der Waals surface area contributed by atoms with Crippen molar-refractivity contribution in [2.24, 2.45) is 0 Å². The highest BCUT2D eigenvalue weighted by Gasteiger charge is 2.27. The Hall–Kier alpha value is -1.37. The number of nitrogens with zero attached hydrogens (tertiary/aromatic N) is 2. The molecule has 0 saturated heterocycles. The van der Waals surface area contributed by atoms with Crippen LogP contribution in [0, 0.1) is 3.57 Å². The number of hydrogen-bond donors (Lipinski definition) is 1. The van der Waals surface area contributed by atoms with E-state index >= 15 is 0 Å². The van der Waals surface area contributed by atoms with E-state index < -0.39 is 0 Å². The number of benzene rings is 1. The van der Waals surface area contributed by atoms with Gasteiger partial charge in [0.15, 0.2) is 0 Å². The van der Waals surface area contributed by atoms with Crippen LogP contribution >= 0.6 is 22.6 Å². The Kier molecular flexibility index (Phi) is 3.07. The molecule has 1 aromatic carbocycles. The minimum absolute atomic E-state index is 0.130. The molecule has 5 heteroatoms. The molecule has 3 rings (SSSR count). The van der Waals surface area contributed by atoms with Gasteiger partial charge < -0.3 is 10.1 Å². The molecule has 1 aromatic heterocycles. The summed E-state index contributed by atoms with van der Waals surface area (Å²) in [5.41, 5.74) is 1.17. The lowest BCUT2D eigenvalue weighted by Gasteiger charge is -2.10. The molecule has 0 radical (unpaired) electrons. The van der Waals surface area contributed by atoms with Gasteiger partial charge in [-0.3, -0.25) is 0 Å². The second-order valence-corrected chi connectivity index (χ2v) is 5.24. The summed E-state index contributed by atoms with van der Waals surface area (Å²) < 4.78 is 6.69. The Morgan fingerprint density at radius 1 is 1.39 bits per heavy atom. The van der Waals surface area contributed by atoms with Crippen LogP contribution in [-0.4, -0.2) is 23.6 Å². The molecule has 2 aromatic rings. The van der Waals surface area contributed by atoms with Crippen LogP contribution in [0.4, 0.5) is 5.82 Å². The third kappa shape index (κ3) is 1.92. The highest BCUT2D eigenvalue weighted by atomic mass is 127. The molecular formula is C13H12IN3O. The van der Waals surface area contributed by atoms with Crippen molar-refractivity contribution in [2.45, 2.75) is 5.92 Å². The largest absolute Gasteiger partial charge is 0.492 e.